The van der Waals surface area contributed by atoms with Gasteiger partial charge in [0.05, 0.1) is 12.5 Å². The topological polar surface area (TPSA) is 26.3 Å². The monoisotopic (exact) mass is 204 g/mol. The molecule has 3 heteroatoms. The molecular weight excluding hydrogens is 184 g/mol. The number of hydrogen-bond acceptors (Lipinski definition) is 3. The number of hydrogen-bond donors (Lipinski definition) is 1. The molecule has 0 saturated heterocycles. The average molecular weight is 204 g/mol. The SMILES string of the molecule is CCCC(S)C(CC)C(=O)OCC. The first kappa shape index (κ1) is 12.8. The Labute approximate surface area is 86.5 Å². The lowest BCUT2D eigenvalue weighted by Gasteiger charge is -2.19. The molecule has 0 aliphatic heterocycles. The van der Waals surface area contributed by atoms with E-state index in [0.717, 1.165) is 19.3 Å². The van der Waals surface area contributed by atoms with Crippen LogP contribution in [0.1, 0.15) is 40.0 Å². The molecule has 0 saturated carbocycles. The predicted molar refractivity (Wildman–Crippen MR) is 58.1 cm³/mol. The Morgan fingerprint density at radius 2 is 2.00 bits per heavy atom. The van der Waals surface area contributed by atoms with Gasteiger partial charge in [0, 0.05) is 5.25 Å². The molecule has 0 fully saturated rings. The molecule has 0 bridgehead atoms. The van der Waals surface area contributed by atoms with Gasteiger partial charge in [-0.05, 0) is 19.8 Å². The van der Waals surface area contributed by atoms with Crippen molar-refractivity contribution in [2.45, 2.75) is 45.3 Å². The molecule has 0 amide bonds. The minimum atomic E-state index is -0.0987. The lowest BCUT2D eigenvalue weighted by Crippen LogP contribution is -2.25. The lowest BCUT2D eigenvalue weighted by atomic mass is 9.99. The van der Waals surface area contributed by atoms with E-state index >= 15 is 0 Å². The zero-order valence-electron chi connectivity index (χ0n) is 8.75. The van der Waals surface area contributed by atoms with Crippen molar-refractivity contribution in [3.8, 4) is 0 Å². The summed E-state index contributed by atoms with van der Waals surface area (Å²) >= 11 is 4.42. The minimum absolute atomic E-state index is 0.0387. The van der Waals surface area contributed by atoms with Crippen LogP contribution in [0, 0.1) is 5.92 Å². The number of esters is 1. The molecule has 2 atom stereocenters. The summed E-state index contributed by atoms with van der Waals surface area (Å²) < 4.78 is 4.97. The molecule has 0 radical (unpaired) electrons. The highest BCUT2D eigenvalue weighted by Crippen LogP contribution is 2.20. The van der Waals surface area contributed by atoms with Crippen LogP contribution in [0.5, 0.6) is 0 Å². The van der Waals surface area contributed by atoms with E-state index in [1.165, 1.54) is 0 Å². The van der Waals surface area contributed by atoms with Crippen LogP contribution in [0.4, 0.5) is 0 Å². The molecule has 78 valence electrons. The Morgan fingerprint density at radius 3 is 2.38 bits per heavy atom. The molecule has 2 nitrogen and oxygen atoms in total. The lowest BCUT2D eigenvalue weighted by molar-refractivity contribution is -0.148. The summed E-state index contributed by atoms with van der Waals surface area (Å²) in [6.07, 6.45) is 2.84. The van der Waals surface area contributed by atoms with Gasteiger partial charge in [0.15, 0.2) is 0 Å². The normalized spacial score (nSPS) is 15.1. The first-order chi connectivity index (χ1) is 6.17. The van der Waals surface area contributed by atoms with Gasteiger partial charge < -0.3 is 4.74 Å². The summed E-state index contributed by atoms with van der Waals surface area (Å²) in [4.78, 5) is 11.4. The smallest absolute Gasteiger partial charge is 0.310 e. The third-order valence-corrected chi connectivity index (χ3v) is 2.70. The fourth-order valence-corrected chi connectivity index (χ4v) is 1.93. The van der Waals surface area contributed by atoms with E-state index in [0.29, 0.717) is 6.61 Å². The molecule has 0 N–H and O–H groups in total. The fourth-order valence-electron chi connectivity index (χ4n) is 1.34. The molecule has 0 aromatic heterocycles. The Kier molecular flexibility index (Phi) is 7.14. The van der Waals surface area contributed by atoms with E-state index in [9.17, 15) is 4.79 Å². The van der Waals surface area contributed by atoms with Crippen LogP contribution >= 0.6 is 12.6 Å². The van der Waals surface area contributed by atoms with Crippen LogP contribution in [-0.4, -0.2) is 17.8 Å². The number of rotatable bonds is 6. The summed E-state index contributed by atoms with van der Waals surface area (Å²) in [5, 5.41) is 0.147. The Morgan fingerprint density at radius 1 is 1.38 bits per heavy atom. The Balaban J connectivity index is 4.06. The van der Waals surface area contributed by atoms with E-state index < -0.39 is 0 Å². The quantitative estimate of drug-likeness (QED) is 0.532. The molecule has 13 heavy (non-hydrogen) atoms. The Bertz CT molecular complexity index is 148. The first-order valence-corrected chi connectivity index (χ1v) is 5.53. The number of carbonyl (C=O) groups is 1. The number of ether oxygens (including phenoxy) is 1. The summed E-state index contributed by atoms with van der Waals surface area (Å²) in [7, 11) is 0. The van der Waals surface area contributed by atoms with Crippen molar-refractivity contribution in [3.05, 3.63) is 0 Å². The summed E-state index contributed by atoms with van der Waals surface area (Å²) in [6, 6.07) is 0. The highest BCUT2D eigenvalue weighted by atomic mass is 32.1. The highest BCUT2D eigenvalue weighted by molar-refractivity contribution is 7.81. The maximum absolute atomic E-state index is 11.4. The van der Waals surface area contributed by atoms with Crippen LogP contribution in [0.25, 0.3) is 0 Å². The second-order valence-corrected chi connectivity index (χ2v) is 3.79. The van der Waals surface area contributed by atoms with Crippen molar-refractivity contribution >= 4 is 18.6 Å². The van der Waals surface area contributed by atoms with Crippen LogP contribution in [0.2, 0.25) is 0 Å². The van der Waals surface area contributed by atoms with Crippen molar-refractivity contribution in [2.75, 3.05) is 6.61 Å². The third kappa shape index (κ3) is 4.55. The number of thiol groups is 1. The maximum atomic E-state index is 11.4. The molecule has 2 unspecified atom stereocenters. The highest BCUT2D eigenvalue weighted by Gasteiger charge is 2.24. The van der Waals surface area contributed by atoms with Gasteiger partial charge in [-0.3, -0.25) is 4.79 Å². The van der Waals surface area contributed by atoms with Crippen LogP contribution in [-0.2, 0) is 9.53 Å². The van der Waals surface area contributed by atoms with Crippen molar-refractivity contribution in [3.63, 3.8) is 0 Å². The molecule has 0 aromatic carbocycles. The van der Waals surface area contributed by atoms with Crippen LogP contribution in [0.15, 0.2) is 0 Å². The zero-order valence-corrected chi connectivity index (χ0v) is 9.64. The van der Waals surface area contributed by atoms with Gasteiger partial charge in [-0.2, -0.15) is 12.6 Å². The average Bonchev–Trinajstić information content (AvgIpc) is 2.06. The molecule has 0 spiro atoms. The van der Waals surface area contributed by atoms with Crippen molar-refractivity contribution < 1.29 is 9.53 Å². The van der Waals surface area contributed by atoms with E-state index in [1.807, 2.05) is 13.8 Å². The molecule has 0 aliphatic carbocycles. The molecule has 0 rings (SSSR count). The van der Waals surface area contributed by atoms with Crippen LogP contribution in [0.3, 0.4) is 0 Å². The van der Waals surface area contributed by atoms with E-state index in [1.54, 1.807) is 0 Å². The number of carbonyl (C=O) groups excluding carboxylic acids is 1. The first-order valence-electron chi connectivity index (χ1n) is 5.01. The van der Waals surface area contributed by atoms with Gasteiger partial charge in [0.2, 0.25) is 0 Å². The summed E-state index contributed by atoms with van der Waals surface area (Å²) in [5.41, 5.74) is 0. The van der Waals surface area contributed by atoms with Crippen molar-refractivity contribution in [1.29, 1.82) is 0 Å². The van der Waals surface area contributed by atoms with Crippen molar-refractivity contribution in [1.82, 2.24) is 0 Å². The fraction of sp³-hybridized carbons (Fsp3) is 0.900. The molecule has 0 heterocycles. The Hall–Kier alpha value is -0.180. The van der Waals surface area contributed by atoms with Gasteiger partial charge >= 0.3 is 5.97 Å². The van der Waals surface area contributed by atoms with E-state index in [4.69, 9.17) is 4.74 Å². The van der Waals surface area contributed by atoms with Gasteiger partial charge in [0.25, 0.3) is 0 Å². The second kappa shape index (κ2) is 7.25. The van der Waals surface area contributed by atoms with Gasteiger partial charge in [0.1, 0.15) is 0 Å². The molecule has 0 aliphatic rings. The summed E-state index contributed by atoms with van der Waals surface area (Å²) in [5.74, 6) is -0.137. The van der Waals surface area contributed by atoms with E-state index in [2.05, 4.69) is 19.6 Å². The van der Waals surface area contributed by atoms with Gasteiger partial charge in [-0.25, -0.2) is 0 Å². The summed E-state index contributed by atoms with van der Waals surface area (Å²) in [6.45, 7) is 6.39. The zero-order chi connectivity index (χ0) is 10.3. The largest absolute Gasteiger partial charge is 0.466 e. The molecular formula is C10H20O2S. The van der Waals surface area contributed by atoms with Crippen LogP contribution < -0.4 is 0 Å². The minimum Gasteiger partial charge on any atom is -0.466 e. The second-order valence-electron chi connectivity index (χ2n) is 3.12. The van der Waals surface area contributed by atoms with E-state index in [-0.39, 0.29) is 17.1 Å². The molecule has 0 aromatic rings. The third-order valence-electron chi connectivity index (χ3n) is 2.08. The standard InChI is InChI=1S/C10H20O2S/c1-4-7-9(13)8(5-2)10(11)12-6-3/h8-9,13H,4-7H2,1-3H3. The van der Waals surface area contributed by atoms with Crippen molar-refractivity contribution in [2.24, 2.45) is 5.92 Å². The maximum Gasteiger partial charge on any atom is 0.310 e. The van der Waals surface area contributed by atoms with Gasteiger partial charge in [-0.15, -0.1) is 0 Å². The van der Waals surface area contributed by atoms with Gasteiger partial charge in [-0.1, -0.05) is 20.3 Å². The predicted octanol–water partition coefficient (Wildman–Crippen LogP) is 2.67.